The summed E-state index contributed by atoms with van der Waals surface area (Å²) in [6.07, 6.45) is 2.99. The summed E-state index contributed by atoms with van der Waals surface area (Å²) in [5, 5.41) is 9.30. The molecule has 0 bridgehead atoms. The van der Waals surface area contributed by atoms with Gasteiger partial charge in [0.2, 0.25) is 0 Å². The van der Waals surface area contributed by atoms with Crippen LogP contribution in [0.4, 0.5) is 0 Å². The molecule has 1 aliphatic carbocycles. The second kappa shape index (κ2) is 5.47. The Kier molecular flexibility index (Phi) is 4.07. The summed E-state index contributed by atoms with van der Waals surface area (Å²) in [4.78, 5) is 11.3. The van der Waals surface area contributed by atoms with Crippen molar-refractivity contribution >= 4 is 5.97 Å². The smallest absolute Gasteiger partial charge is 0.309 e. The molecule has 0 amide bonds. The maximum Gasteiger partial charge on any atom is 0.309 e. The van der Waals surface area contributed by atoms with E-state index >= 15 is 0 Å². The third-order valence-electron chi connectivity index (χ3n) is 4.13. The summed E-state index contributed by atoms with van der Waals surface area (Å²) in [6.45, 7) is 8.38. The molecule has 1 aliphatic rings. The Morgan fingerprint density at radius 3 is 2.55 bits per heavy atom. The first-order valence-corrected chi connectivity index (χ1v) is 7.26. The van der Waals surface area contributed by atoms with E-state index in [2.05, 4.69) is 13.8 Å². The molecule has 1 aromatic rings. The van der Waals surface area contributed by atoms with E-state index in [1.54, 1.807) is 13.8 Å². The lowest BCUT2D eigenvalue weighted by Gasteiger charge is -2.22. The number of benzene rings is 1. The quantitative estimate of drug-likeness (QED) is 0.860. The molecule has 2 rings (SSSR count). The van der Waals surface area contributed by atoms with Gasteiger partial charge in [-0.15, -0.1) is 0 Å². The van der Waals surface area contributed by atoms with Gasteiger partial charge in [-0.25, -0.2) is 0 Å². The first-order chi connectivity index (χ1) is 9.31. The SMILES string of the molecule is Cc1ccc(CC(C)(C)C(=O)O)c(OCC2CC2)c1C. The zero-order valence-electron chi connectivity index (χ0n) is 12.8. The first-order valence-electron chi connectivity index (χ1n) is 7.26. The molecular weight excluding hydrogens is 252 g/mol. The van der Waals surface area contributed by atoms with Crippen LogP contribution >= 0.6 is 0 Å². The van der Waals surface area contributed by atoms with Gasteiger partial charge < -0.3 is 9.84 Å². The second-order valence-corrected chi connectivity index (χ2v) is 6.62. The molecule has 0 saturated heterocycles. The van der Waals surface area contributed by atoms with Gasteiger partial charge >= 0.3 is 5.97 Å². The molecule has 0 spiro atoms. The standard InChI is InChI=1S/C17H24O3/c1-11-5-8-14(9-17(3,4)16(18)19)15(12(11)2)20-10-13-6-7-13/h5,8,13H,6-7,9-10H2,1-4H3,(H,18,19). The minimum atomic E-state index is -0.778. The topological polar surface area (TPSA) is 46.5 Å². The number of ether oxygens (including phenoxy) is 1. The van der Waals surface area contributed by atoms with Gasteiger partial charge in [0.15, 0.2) is 0 Å². The lowest BCUT2D eigenvalue weighted by atomic mass is 9.84. The lowest BCUT2D eigenvalue weighted by molar-refractivity contribution is -0.146. The maximum absolute atomic E-state index is 11.3. The summed E-state index contributed by atoms with van der Waals surface area (Å²) >= 11 is 0. The van der Waals surface area contributed by atoms with Gasteiger partial charge in [0.1, 0.15) is 5.75 Å². The van der Waals surface area contributed by atoms with E-state index in [1.807, 2.05) is 12.1 Å². The minimum Gasteiger partial charge on any atom is -0.493 e. The molecule has 1 fully saturated rings. The fourth-order valence-corrected chi connectivity index (χ4v) is 2.22. The fourth-order valence-electron chi connectivity index (χ4n) is 2.22. The van der Waals surface area contributed by atoms with Gasteiger partial charge in [0.05, 0.1) is 12.0 Å². The normalized spacial score (nSPS) is 15.2. The van der Waals surface area contributed by atoms with E-state index in [0.717, 1.165) is 23.5 Å². The molecule has 0 aliphatic heterocycles. The molecule has 3 nitrogen and oxygen atoms in total. The summed E-state index contributed by atoms with van der Waals surface area (Å²) in [6, 6.07) is 4.06. The Labute approximate surface area is 121 Å². The van der Waals surface area contributed by atoms with E-state index in [1.165, 1.54) is 18.4 Å². The number of aryl methyl sites for hydroxylation is 1. The Bertz CT molecular complexity index is 513. The molecule has 20 heavy (non-hydrogen) atoms. The molecule has 110 valence electrons. The number of rotatable bonds is 6. The highest BCUT2D eigenvalue weighted by atomic mass is 16.5. The van der Waals surface area contributed by atoms with Crippen LogP contribution in [0.5, 0.6) is 5.75 Å². The highest BCUT2D eigenvalue weighted by molar-refractivity contribution is 5.74. The van der Waals surface area contributed by atoms with Gasteiger partial charge in [-0.05, 0) is 69.6 Å². The van der Waals surface area contributed by atoms with Gasteiger partial charge in [-0.1, -0.05) is 12.1 Å². The monoisotopic (exact) mass is 276 g/mol. The van der Waals surface area contributed by atoms with Crippen LogP contribution in [-0.2, 0) is 11.2 Å². The van der Waals surface area contributed by atoms with Gasteiger partial charge in [0, 0.05) is 0 Å². The molecule has 0 atom stereocenters. The number of carbonyl (C=O) groups is 1. The van der Waals surface area contributed by atoms with E-state index in [4.69, 9.17) is 4.74 Å². The third kappa shape index (κ3) is 3.33. The van der Waals surface area contributed by atoms with Crippen molar-refractivity contribution in [1.82, 2.24) is 0 Å². The molecule has 1 aromatic carbocycles. The van der Waals surface area contributed by atoms with Crippen molar-refractivity contribution in [2.24, 2.45) is 11.3 Å². The van der Waals surface area contributed by atoms with Crippen molar-refractivity contribution in [2.75, 3.05) is 6.61 Å². The molecule has 0 heterocycles. The van der Waals surface area contributed by atoms with Crippen molar-refractivity contribution in [3.63, 3.8) is 0 Å². The number of carboxylic acids is 1. The van der Waals surface area contributed by atoms with Crippen LogP contribution in [0.25, 0.3) is 0 Å². The molecular formula is C17H24O3. The van der Waals surface area contributed by atoms with Crippen LogP contribution in [0.3, 0.4) is 0 Å². The highest BCUT2D eigenvalue weighted by Crippen LogP contribution is 2.35. The van der Waals surface area contributed by atoms with E-state index in [9.17, 15) is 9.90 Å². The Hall–Kier alpha value is -1.51. The predicted molar refractivity (Wildman–Crippen MR) is 79.3 cm³/mol. The van der Waals surface area contributed by atoms with Gasteiger partial charge in [-0.3, -0.25) is 4.79 Å². The summed E-state index contributed by atoms with van der Waals surface area (Å²) in [5.74, 6) is 0.811. The van der Waals surface area contributed by atoms with Crippen LogP contribution in [0.1, 0.15) is 43.4 Å². The zero-order chi connectivity index (χ0) is 14.9. The summed E-state index contributed by atoms with van der Waals surface area (Å²) < 4.78 is 6.01. The number of hydrogen-bond acceptors (Lipinski definition) is 2. The largest absolute Gasteiger partial charge is 0.493 e. The maximum atomic E-state index is 11.3. The van der Waals surface area contributed by atoms with Crippen molar-refractivity contribution in [2.45, 2.75) is 47.0 Å². The van der Waals surface area contributed by atoms with Gasteiger partial charge in [0.25, 0.3) is 0 Å². The first kappa shape index (κ1) is 14.9. The zero-order valence-corrected chi connectivity index (χ0v) is 12.8. The molecule has 3 heteroatoms. The average Bonchev–Trinajstić information content (AvgIpc) is 3.17. The summed E-state index contributed by atoms with van der Waals surface area (Å²) in [5.41, 5.74) is 2.54. The Balaban J connectivity index is 2.25. The van der Waals surface area contributed by atoms with Crippen LogP contribution in [0.15, 0.2) is 12.1 Å². The molecule has 1 N–H and O–H groups in total. The van der Waals surface area contributed by atoms with E-state index < -0.39 is 11.4 Å². The fraction of sp³-hybridized carbons (Fsp3) is 0.588. The average molecular weight is 276 g/mol. The van der Waals surface area contributed by atoms with E-state index in [-0.39, 0.29) is 0 Å². The molecule has 0 aromatic heterocycles. The van der Waals surface area contributed by atoms with Gasteiger partial charge in [-0.2, -0.15) is 0 Å². The van der Waals surface area contributed by atoms with Crippen LogP contribution in [-0.4, -0.2) is 17.7 Å². The lowest BCUT2D eigenvalue weighted by Crippen LogP contribution is -2.26. The predicted octanol–water partition coefficient (Wildman–Crippen LogP) is 3.75. The summed E-state index contributed by atoms with van der Waals surface area (Å²) in [7, 11) is 0. The number of hydrogen-bond donors (Lipinski definition) is 1. The minimum absolute atomic E-state index is 0.490. The molecule has 1 saturated carbocycles. The second-order valence-electron chi connectivity index (χ2n) is 6.62. The van der Waals surface area contributed by atoms with Crippen molar-refractivity contribution in [3.8, 4) is 5.75 Å². The number of aliphatic carboxylic acids is 1. The van der Waals surface area contributed by atoms with E-state index in [0.29, 0.717) is 12.3 Å². The van der Waals surface area contributed by atoms with Crippen LogP contribution in [0.2, 0.25) is 0 Å². The number of carboxylic acid groups (broad SMARTS) is 1. The third-order valence-corrected chi connectivity index (χ3v) is 4.13. The van der Waals surface area contributed by atoms with Crippen LogP contribution < -0.4 is 4.74 Å². The van der Waals surface area contributed by atoms with Crippen molar-refractivity contribution < 1.29 is 14.6 Å². The Morgan fingerprint density at radius 2 is 2.00 bits per heavy atom. The highest BCUT2D eigenvalue weighted by Gasteiger charge is 2.30. The van der Waals surface area contributed by atoms with Crippen molar-refractivity contribution in [1.29, 1.82) is 0 Å². The van der Waals surface area contributed by atoms with Crippen LogP contribution in [0, 0.1) is 25.2 Å². The van der Waals surface area contributed by atoms with Crippen molar-refractivity contribution in [3.05, 3.63) is 28.8 Å². The molecule has 0 radical (unpaired) electrons. The Morgan fingerprint density at radius 1 is 1.35 bits per heavy atom. The molecule has 0 unspecified atom stereocenters.